The van der Waals surface area contributed by atoms with Crippen LogP contribution < -0.4 is 0 Å². The predicted octanol–water partition coefficient (Wildman–Crippen LogP) is 4.69. The molecule has 1 heterocycles. The number of halogens is 1. The van der Waals surface area contributed by atoms with Crippen molar-refractivity contribution in [3.8, 4) is 11.1 Å². The lowest BCUT2D eigenvalue weighted by Gasteiger charge is -2.02. The van der Waals surface area contributed by atoms with E-state index in [0.29, 0.717) is 18.0 Å². The van der Waals surface area contributed by atoms with Crippen LogP contribution in [-0.2, 0) is 6.54 Å². The Kier molecular flexibility index (Phi) is 5.24. The lowest BCUT2D eigenvalue weighted by molar-refractivity contribution is 0.104. The molecule has 3 aromatic rings. The number of hydrogen-bond donors (Lipinski definition) is 0. The third-order valence-corrected chi connectivity index (χ3v) is 3.84. The molecule has 0 fully saturated rings. The molecule has 120 valence electrons. The van der Waals surface area contributed by atoms with Crippen LogP contribution in [0.15, 0.2) is 73.1 Å². The summed E-state index contributed by atoms with van der Waals surface area (Å²) in [4.78, 5) is 12.3. The van der Waals surface area contributed by atoms with Crippen molar-refractivity contribution in [1.82, 2.24) is 9.78 Å². The highest BCUT2D eigenvalue weighted by Gasteiger charge is 2.03. The van der Waals surface area contributed by atoms with Gasteiger partial charge in [-0.05, 0) is 23.3 Å². The molecule has 0 atom stereocenters. The van der Waals surface area contributed by atoms with E-state index in [4.69, 9.17) is 11.6 Å². The summed E-state index contributed by atoms with van der Waals surface area (Å²) in [5.74, 6) is 0.483. The summed E-state index contributed by atoms with van der Waals surface area (Å²) in [6.07, 6.45) is 6.92. The number of nitrogens with zero attached hydrogens (tertiary/aromatic N) is 2. The lowest BCUT2D eigenvalue weighted by atomic mass is 10.0. The molecule has 0 bridgehead atoms. The van der Waals surface area contributed by atoms with Gasteiger partial charge in [0.25, 0.3) is 0 Å². The maximum absolute atomic E-state index is 12.3. The molecule has 24 heavy (non-hydrogen) atoms. The second-order valence-electron chi connectivity index (χ2n) is 5.37. The molecule has 0 aliphatic heterocycles. The van der Waals surface area contributed by atoms with Gasteiger partial charge in [0.15, 0.2) is 5.78 Å². The Labute approximate surface area is 146 Å². The van der Waals surface area contributed by atoms with Crippen LogP contribution in [0.5, 0.6) is 0 Å². The Hall–Kier alpha value is -2.65. The van der Waals surface area contributed by atoms with E-state index in [0.717, 1.165) is 16.7 Å². The van der Waals surface area contributed by atoms with Gasteiger partial charge in [-0.1, -0.05) is 54.6 Å². The molecule has 1 aromatic heterocycles. The number of benzene rings is 2. The van der Waals surface area contributed by atoms with Gasteiger partial charge >= 0.3 is 0 Å². The van der Waals surface area contributed by atoms with Gasteiger partial charge in [0.05, 0.1) is 12.7 Å². The van der Waals surface area contributed by atoms with Crippen molar-refractivity contribution in [2.24, 2.45) is 0 Å². The Morgan fingerprint density at radius 3 is 2.46 bits per heavy atom. The number of allylic oxidation sites excluding steroid dienone is 1. The Morgan fingerprint density at radius 2 is 1.75 bits per heavy atom. The number of ketones is 1. The molecule has 3 rings (SSSR count). The Morgan fingerprint density at radius 1 is 1.04 bits per heavy atom. The number of aromatic nitrogens is 2. The topological polar surface area (TPSA) is 34.9 Å². The first-order chi connectivity index (χ1) is 11.8. The molecule has 0 aliphatic rings. The number of aryl methyl sites for hydroxylation is 1. The average molecular weight is 337 g/mol. The highest BCUT2D eigenvalue weighted by atomic mass is 35.5. The first-order valence-corrected chi connectivity index (χ1v) is 8.26. The fourth-order valence-corrected chi connectivity index (χ4v) is 2.57. The van der Waals surface area contributed by atoms with E-state index in [9.17, 15) is 4.79 Å². The van der Waals surface area contributed by atoms with Crippen molar-refractivity contribution >= 4 is 23.5 Å². The predicted molar refractivity (Wildman–Crippen MR) is 98.2 cm³/mol. The van der Waals surface area contributed by atoms with Gasteiger partial charge in [-0.15, -0.1) is 11.6 Å². The van der Waals surface area contributed by atoms with E-state index in [-0.39, 0.29) is 5.78 Å². The van der Waals surface area contributed by atoms with Gasteiger partial charge in [0.1, 0.15) is 0 Å². The van der Waals surface area contributed by atoms with Crippen LogP contribution in [0.3, 0.4) is 0 Å². The highest BCUT2D eigenvalue weighted by molar-refractivity contribution is 6.17. The minimum Gasteiger partial charge on any atom is -0.289 e. The summed E-state index contributed by atoms with van der Waals surface area (Å²) in [5, 5.41) is 4.17. The molecule has 0 unspecified atom stereocenters. The summed E-state index contributed by atoms with van der Waals surface area (Å²) in [5.41, 5.74) is 3.78. The standard InChI is InChI=1S/C20H17ClN2O/c21-12-13-23-15-16(14-22-23)6-11-20(24)19-9-7-18(8-10-19)17-4-2-1-3-5-17/h1-11,14-15H,12-13H2. The third-order valence-electron chi connectivity index (χ3n) is 3.67. The van der Waals surface area contributed by atoms with E-state index in [2.05, 4.69) is 17.2 Å². The van der Waals surface area contributed by atoms with Crippen molar-refractivity contribution in [3.05, 3.63) is 84.2 Å². The van der Waals surface area contributed by atoms with Gasteiger partial charge in [0, 0.05) is 23.2 Å². The summed E-state index contributed by atoms with van der Waals surface area (Å²) in [6, 6.07) is 17.7. The number of alkyl halides is 1. The molecule has 0 aliphatic carbocycles. The molecule has 0 spiro atoms. The van der Waals surface area contributed by atoms with Crippen molar-refractivity contribution in [2.75, 3.05) is 5.88 Å². The Balaban J connectivity index is 1.69. The minimum absolute atomic E-state index is 0.0281. The molecule has 0 N–H and O–H groups in total. The van der Waals surface area contributed by atoms with Gasteiger partial charge in [-0.25, -0.2) is 0 Å². The quantitative estimate of drug-likeness (QED) is 0.372. The monoisotopic (exact) mass is 336 g/mol. The Bertz CT molecular complexity index is 836. The van der Waals surface area contributed by atoms with Gasteiger partial charge in [-0.3, -0.25) is 9.48 Å². The molecule has 0 radical (unpaired) electrons. The van der Waals surface area contributed by atoms with Crippen LogP contribution >= 0.6 is 11.6 Å². The van der Waals surface area contributed by atoms with E-state index in [1.165, 1.54) is 0 Å². The van der Waals surface area contributed by atoms with E-state index >= 15 is 0 Å². The number of carbonyl (C=O) groups is 1. The van der Waals surface area contributed by atoms with Gasteiger partial charge in [0.2, 0.25) is 0 Å². The van der Waals surface area contributed by atoms with Gasteiger partial charge < -0.3 is 0 Å². The third kappa shape index (κ3) is 4.00. The number of rotatable bonds is 6. The summed E-state index contributed by atoms with van der Waals surface area (Å²) >= 11 is 5.68. The molecule has 2 aromatic carbocycles. The van der Waals surface area contributed by atoms with Crippen LogP contribution in [0.2, 0.25) is 0 Å². The highest BCUT2D eigenvalue weighted by Crippen LogP contribution is 2.19. The smallest absolute Gasteiger partial charge is 0.185 e. The molecular weight excluding hydrogens is 320 g/mol. The normalized spacial score (nSPS) is 11.0. The second-order valence-corrected chi connectivity index (χ2v) is 5.74. The van der Waals surface area contributed by atoms with E-state index in [1.54, 1.807) is 23.0 Å². The zero-order valence-corrected chi connectivity index (χ0v) is 13.9. The zero-order valence-electron chi connectivity index (χ0n) is 13.1. The molecule has 0 saturated carbocycles. The SMILES string of the molecule is O=C(C=Cc1cnn(CCCl)c1)c1ccc(-c2ccccc2)cc1. The molecule has 0 amide bonds. The van der Waals surface area contributed by atoms with Crippen LogP contribution in [-0.4, -0.2) is 21.4 Å². The minimum atomic E-state index is -0.0281. The van der Waals surface area contributed by atoms with Crippen LogP contribution in [0.4, 0.5) is 0 Å². The second kappa shape index (κ2) is 7.75. The first kappa shape index (κ1) is 16.2. The summed E-state index contributed by atoms with van der Waals surface area (Å²) in [6.45, 7) is 0.657. The fraction of sp³-hybridized carbons (Fsp3) is 0.100. The lowest BCUT2D eigenvalue weighted by Crippen LogP contribution is -1.98. The summed E-state index contributed by atoms with van der Waals surface area (Å²) < 4.78 is 1.76. The molecule has 3 nitrogen and oxygen atoms in total. The largest absolute Gasteiger partial charge is 0.289 e. The molecular formula is C20H17ClN2O. The van der Waals surface area contributed by atoms with Crippen molar-refractivity contribution < 1.29 is 4.79 Å². The number of hydrogen-bond acceptors (Lipinski definition) is 2. The van der Waals surface area contributed by atoms with Gasteiger partial charge in [-0.2, -0.15) is 5.10 Å². The van der Waals surface area contributed by atoms with Crippen LogP contribution in [0, 0.1) is 0 Å². The maximum Gasteiger partial charge on any atom is 0.185 e. The molecule has 0 saturated heterocycles. The number of carbonyl (C=O) groups excluding carboxylic acids is 1. The summed E-state index contributed by atoms with van der Waals surface area (Å²) in [7, 11) is 0. The maximum atomic E-state index is 12.3. The average Bonchev–Trinajstić information content (AvgIpc) is 3.08. The van der Waals surface area contributed by atoms with E-state index < -0.39 is 0 Å². The van der Waals surface area contributed by atoms with Crippen molar-refractivity contribution in [3.63, 3.8) is 0 Å². The van der Waals surface area contributed by atoms with Crippen LogP contribution in [0.1, 0.15) is 15.9 Å². The first-order valence-electron chi connectivity index (χ1n) is 7.72. The van der Waals surface area contributed by atoms with Crippen molar-refractivity contribution in [2.45, 2.75) is 6.54 Å². The molecule has 4 heteroatoms. The fourth-order valence-electron chi connectivity index (χ4n) is 2.40. The van der Waals surface area contributed by atoms with E-state index in [1.807, 2.05) is 48.7 Å². The zero-order chi connectivity index (χ0) is 16.8. The van der Waals surface area contributed by atoms with Crippen molar-refractivity contribution in [1.29, 1.82) is 0 Å². The van der Waals surface area contributed by atoms with Crippen LogP contribution in [0.25, 0.3) is 17.2 Å².